The Kier molecular flexibility index (Phi) is 2.37. The van der Waals surface area contributed by atoms with Gasteiger partial charge in [-0.3, -0.25) is 4.79 Å². The van der Waals surface area contributed by atoms with Gasteiger partial charge < -0.3 is 4.81 Å². The Bertz CT molecular complexity index is 191. The molecule has 1 amide bonds. The maximum atomic E-state index is 11.3. The Labute approximate surface area is 68.7 Å². The van der Waals surface area contributed by atoms with E-state index >= 15 is 0 Å². The van der Waals surface area contributed by atoms with Gasteiger partial charge in [0, 0.05) is 5.92 Å². The number of hydrogen-bond donors (Lipinski definition) is 0. The molecular formula is C8H12BNO. The van der Waals surface area contributed by atoms with Gasteiger partial charge in [-0.25, -0.2) is 0 Å². The number of amides is 1. The fourth-order valence-corrected chi connectivity index (χ4v) is 1.32. The third kappa shape index (κ3) is 1.47. The average Bonchev–Trinajstić information content (AvgIpc) is 2.01. The van der Waals surface area contributed by atoms with E-state index in [2.05, 4.69) is 6.58 Å². The normalized spacial score (nSPS) is 25.9. The van der Waals surface area contributed by atoms with Crippen LogP contribution in [0.5, 0.6) is 0 Å². The van der Waals surface area contributed by atoms with Crippen LogP contribution in [0.1, 0.15) is 26.2 Å². The minimum Gasteiger partial charge on any atom is -0.373 e. The average molecular weight is 149 g/mol. The zero-order chi connectivity index (χ0) is 8.43. The largest absolute Gasteiger partial charge is 0.373 e. The summed E-state index contributed by atoms with van der Waals surface area (Å²) in [6, 6.07) is 0. The van der Waals surface area contributed by atoms with Gasteiger partial charge in [-0.1, -0.05) is 13.5 Å². The summed E-state index contributed by atoms with van der Waals surface area (Å²) in [7, 11) is 5.47. The molecule has 1 aliphatic heterocycles. The molecule has 0 saturated carbocycles. The predicted octanol–water partition coefficient (Wildman–Crippen LogP) is 1.23. The second-order valence-corrected chi connectivity index (χ2v) is 2.92. The van der Waals surface area contributed by atoms with E-state index in [1.807, 2.05) is 6.92 Å². The van der Waals surface area contributed by atoms with Crippen LogP contribution < -0.4 is 0 Å². The minimum absolute atomic E-state index is 0.0174. The molecule has 0 N–H and O–H groups in total. The van der Waals surface area contributed by atoms with Crippen molar-refractivity contribution in [3.63, 3.8) is 0 Å². The highest BCUT2D eigenvalue weighted by Crippen LogP contribution is 2.24. The lowest BCUT2D eigenvalue weighted by Crippen LogP contribution is -2.37. The zero-order valence-electron chi connectivity index (χ0n) is 6.84. The lowest BCUT2D eigenvalue weighted by atomic mass is 9.91. The molecule has 0 aromatic rings. The molecule has 0 aromatic heterocycles. The van der Waals surface area contributed by atoms with Crippen molar-refractivity contribution in [3.05, 3.63) is 12.3 Å². The fourth-order valence-electron chi connectivity index (χ4n) is 1.32. The van der Waals surface area contributed by atoms with E-state index in [9.17, 15) is 4.79 Å². The van der Waals surface area contributed by atoms with Crippen LogP contribution >= 0.6 is 0 Å². The van der Waals surface area contributed by atoms with Crippen molar-refractivity contribution in [1.82, 2.24) is 4.81 Å². The molecule has 0 aliphatic carbocycles. The third-order valence-electron chi connectivity index (χ3n) is 2.20. The molecule has 1 fully saturated rings. The van der Waals surface area contributed by atoms with Crippen molar-refractivity contribution in [2.75, 3.05) is 0 Å². The molecule has 1 atom stereocenters. The Morgan fingerprint density at radius 2 is 2.45 bits per heavy atom. The van der Waals surface area contributed by atoms with E-state index < -0.39 is 0 Å². The zero-order valence-corrected chi connectivity index (χ0v) is 6.84. The van der Waals surface area contributed by atoms with E-state index in [4.69, 9.17) is 7.98 Å². The van der Waals surface area contributed by atoms with Gasteiger partial charge in [-0.15, -0.1) is 0 Å². The first kappa shape index (κ1) is 8.37. The summed E-state index contributed by atoms with van der Waals surface area (Å²) >= 11 is 0. The molecule has 1 unspecified atom stereocenters. The molecular weight excluding hydrogens is 137 g/mol. The number of allylic oxidation sites excluding steroid dienone is 1. The summed E-state index contributed by atoms with van der Waals surface area (Å²) in [4.78, 5) is 12.5. The standard InChI is InChI=1S/C8H12BNO/c1-3-7-5-4-6(2)10(9)8(7)11/h7H,2-5H2,1H3. The smallest absolute Gasteiger partial charge is 0.238 e. The van der Waals surface area contributed by atoms with Crippen LogP contribution in [-0.2, 0) is 4.79 Å². The van der Waals surface area contributed by atoms with Gasteiger partial charge >= 0.3 is 0 Å². The molecule has 2 nitrogen and oxygen atoms in total. The summed E-state index contributed by atoms with van der Waals surface area (Å²) in [5.41, 5.74) is 0.736. The summed E-state index contributed by atoms with van der Waals surface area (Å²) in [5, 5.41) is 0. The number of carbonyl (C=O) groups is 1. The number of hydrogen-bond acceptors (Lipinski definition) is 1. The van der Waals surface area contributed by atoms with Crippen LogP contribution in [0.25, 0.3) is 0 Å². The molecule has 2 radical (unpaired) electrons. The van der Waals surface area contributed by atoms with Crippen LogP contribution in [0.3, 0.4) is 0 Å². The second-order valence-electron chi connectivity index (χ2n) is 2.92. The molecule has 11 heavy (non-hydrogen) atoms. The van der Waals surface area contributed by atoms with Crippen LogP contribution in [0.2, 0.25) is 0 Å². The Morgan fingerprint density at radius 3 is 3.00 bits per heavy atom. The van der Waals surface area contributed by atoms with Gasteiger partial charge in [0.25, 0.3) is 0 Å². The Morgan fingerprint density at radius 1 is 1.82 bits per heavy atom. The molecule has 0 bridgehead atoms. The number of piperidine rings is 1. The van der Waals surface area contributed by atoms with Gasteiger partial charge in [0.15, 0.2) is 0 Å². The Hall–Kier alpha value is -0.725. The second kappa shape index (κ2) is 3.12. The van der Waals surface area contributed by atoms with Gasteiger partial charge in [-0.05, 0) is 25.0 Å². The first-order valence-corrected chi connectivity index (χ1v) is 3.93. The minimum atomic E-state index is 0.0174. The van der Waals surface area contributed by atoms with Gasteiger partial charge in [0.05, 0.1) is 0 Å². The molecule has 0 aromatic carbocycles. The summed E-state index contributed by atoms with van der Waals surface area (Å²) in [5.74, 6) is 0.134. The van der Waals surface area contributed by atoms with E-state index in [1.165, 1.54) is 4.81 Å². The first-order chi connectivity index (χ1) is 5.16. The quantitative estimate of drug-likeness (QED) is 0.513. The molecule has 1 rings (SSSR count). The van der Waals surface area contributed by atoms with Gasteiger partial charge in [0.2, 0.25) is 13.9 Å². The maximum absolute atomic E-state index is 11.3. The van der Waals surface area contributed by atoms with E-state index in [-0.39, 0.29) is 11.8 Å². The first-order valence-electron chi connectivity index (χ1n) is 3.93. The molecule has 1 saturated heterocycles. The van der Waals surface area contributed by atoms with Crippen molar-refractivity contribution in [1.29, 1.82) is 0 Å². The van der Waals surface area contributed by atoms with E-state index in [0.717, 1.165) is 25.0 Å². The van der Waals surface area contributed by atoms with Crippen molar-refractivity contribution >= 4 is 13.9 Å². The maximum Gasteiger partial charge on any atom is 0.238 e. The topological polar surface area (TPSA) is 20.3 Å². The van der Waals surface area contributed by atoms with Crippen molar-refractivity contribution in [2.24, 2.45) is 5.92 Å². The van der Waals surface area contributed by atoms with Crippen LogP contribution in [0.15, 0.2) is 12.3 Å². The SMILES string of the molecule is [B]N1C(=C)CCC(CC)C1=O. The van der Waals surface area contributed by atoms with E-state index in [0.29, 0.717) is 0 Å². The molecule has 1 aliphatic rings. The van der Waals surface area contributed by atoms with Crippen LogP contribution in [-0.4, -0.2) is 18.7 Å². The molecule has 58 valence electrons. The lowest BCUT2D eigenvalue weighted by Gasteiger charge is -2.31. The highest BCUT2D eigenvalue weighted by molar-refractivity contribution is 6.16. The summed E-state index contributed by atoms with van der Waals surface area (Å²) in [6.07, 6.45) is 2.63. The van der Waals surface area contributed by atoms with Crippen molar-refractivity contribution in [3.8, 4) is 0 Å². The van der Waals surface area contributed by atoms with Crippen molar-refractivity contribution < 1.29 is 4.79 Å². The monoisotopic (exact) mass is 149 g/mol. The molecule has 0 spiro atoms. The highest BCUT2D eigenvalue weighted by Gasteiger charge is 2.26. The molecule has 1 heterocycles. The van der Waals surface area contributed by atoms with Gasteiger partial charge in [0.1, 0.15) is 0 Å². The number of rotatable bonds is 1. The highest BCUT2D eigenvalue weighted by atomic mass is 16.2. The fraction of sp³-hybridized carbons (Fsp3) is 0.625. The number of carbonyl (C=O) groups excluding carboxylic acids is 1. The van der Waals surface area contributed by atoms with Gasteiger partial charge in [-0.2, -0.15) is 0 Å². The lowest BCUT2D eigenvalue weighted by molar-refractivity contribution is -0.131. The summed E-state index contributed by atoms with van der Waals surface area (Å²) in [6.45, 7) is 5.70. The molecule has 3 heteroatoms. The van der Waals surface area contributed by atoms with Crippen LogP contribution in [0, 0.1) is 5.92 Å². The van der Waals surface area contributed by atoms with Crippen molar-refractivity contribution in [2.45, 2.75) is 26.2 Å². The predicted molar refractivity (Wildman–Crippen MR) is 44.8 cm³/mol. The third-order valence-corrected chi connectivity index (χ3v) is 2.20. The summed E-state index contributed by atoms with van der Waals surface area (Å²) < 4.78 is 0. The number of nitrogens with zero attached hydrogens (tertiary/aromatic N) is 1. The van der Waals surface area contributed by atoms with Crippen LogP contribution in [0.4, 0.5) is 0 Å². The van der Waals surface area contributed by atoms with E-state index in [1.54, 1.807) is 0 Å². The Balaban J connectivity index is 2.67.